The van der Waals surface area contributed by atoms with Gasteiger partial charge in [0.2, 0.25) is 0 Å². The molecule has 1 saturated heterocycles. The van der Waals surface area contributed by atoms with E-state index in [1.54, 1.807) is 0 Å². The summed E-state index contributed by atoms with van der Waals surface area (Å²) >= 11 is 0. The molecule has 0 aromatic heterocycles. The maximum absolute atomic E-state index is 3.16. The molecule has 0 aliphatic carbocycles. The Bertz CT molecular complexity index is 30.6. The van der Waals surface area contributed by atoms with E-state index in [9.17, 15) is 0 Å². The summed E-state index contributed by atoms with van der Waals surface area (Å²) < 4.78 is 0. The van der Waals surface area contributed by atoms with Crippen LogP contribution in [0.5, 0.6) is 0 Å². The fourth-order valence-electron chi connectivity index (χ4n) is 0.433. The third kappa shape index (κ3) is 0.428. The van der Waals surface area contributed by atoms with E-state index in [2.05, 4.69) is 12.2 Å². The SMILES string of the molecule is CC1CNC1. The summed E-state index contributed by atoms with van der Waals surface area (Å²) in [5.74, 6) is 0.954. The molecular formula is C4H9N. The first-order valence-corrected chi connectivity index (χ1v) is 2.10. The molecule has 1 rings (SSSR count). The summed E-state index contributed by atoms with van der Waals surface area (Å²) in [5.41, 5.74) is 0. The first-order chi connectivity index (χ1) is 2.39. The van der Waals surface area contributed by atoms with Gasteiger partial charge in [0.15, 0.2) is 0 Å². The molecule has 1 aliphatic rings. The van der Waals surface area contributed by atoms with Crippen LogP contribution < -0.4 is 5.32 Å². The summed E-state index contributed by atoms with van der Waals surface area (Å²) in [6.45, 7) is 4.72. The molecule has 0 amide bonds. The van der Waals surface area contributed by atoms with Crippen LogP contribution in [-0.4, -0.2) is 13.1 Å². The van der Waals surface area contributed by atoms with Gasteiger partial charge in [-0.3, -0.25) is 0 Å². The van der Waals surface area contributed by atoms with Crippen LogP contribution in [0.1, 0.15) is 6.92 Å². The predicted octanol–water partition coefficient (Wildman–Crippen LogP) is 0.226. The van der Waals surface area contributed by atoms with Crippen molar-refractivity contribution in [3.63, 3.8) is 0 Å². The minimum atomic E-state index is 0.954. The summed E-state index contributed by atoms with van der Waals surface area (Å²) in [7, 11) is 0. The highest BCUT2D eigenvalue weighted by Crippen LogP contribution is 1.96. The van der Waals surface area contributed by atoms with Crippen LogP contribution in [0.3, 0.4) is 0 Å². The van der Waals surface area contributed by atoms with Gasteiger partial charge in [0, 0.05) is 0 Å². The van der Waals surface area contributed by atoms with E-state index in [0.717, 1.165) is 5.92 Å². The van der Waals surface area contributed by atoms with Crippen molar-refractivity contribution in [1.29, 1.82) is 0 Å². The average Bonchev–Trinajstić information content (AvgIpc) is 1.30. The minimum Gasteiger partial charge on any atom is -0.316 e. The van der Waals surface area contributed by atoms with Gasteiger partial charge in [0.1, 0.15) is 0 Å². The Balaban J connectivity index is 2.08. The lowest BCUT2D eigenvalue weighted by Crippen LogP contribution is -2.39. The number of nitrogens with one attached hydrogen (secondary N) is 1. The summed E-state index contributed by atoms with van der Waals surface area (Å²) in [5, 5.41) is 3.16. The van der Waals surface area contributed by atoms with Crippen molar-refractivity contribution in [2.45, 2.75) is 6.92 Å². The first-order valence-electron chi connectivity index (χ1n) is 2.10. The third-order valence-electron chi connectivity index (χ3n) is 0.986. The van der Waals surface area contributed by atoms with Crippen LogP contribution in [0.25, 0.3) is 0 Å². The fraction of sp³-hybridized carbons (Fsp3) is 1.00. The smallest absolute Gasteiger partial charge is 0.00109 e. The molecule has 1 fully saturated rings. The molecule has 1 N–H and O–H groups in total. The molecule has 1 heterocycles. The molecule has 0 spiro atoms. The van der Waals surface area contributed by atoms with Crippen molar-refractivity contribution in [2.24, 2.45) is 5.92 Å². The topological polar surface area (TPSA) is 12.0 Å². The van der Waals surface area contributed by atoms with E-state index in [-0.39, 0.29) is 0 Å². The van der Waals surface area contributed by atoms with Gasteiger partial charge in [-0.1, -0.05) is 6.92 Å². The molecule has 1 aliphatic heterocycles. The predicted molar refractivity (Wildman–Crippen MR) is 22.0 cm³/mol. The Labute approximate surface area is 32.4 Å². The van der Waals surface area contributed by atoms with E-state index >= 15 is 0 Å². The molecule has 0 radical (unpaired) electrons. The summed E-state index contributed by atoms with van der Waals surface area (Å²) in [4.78, 5) is 0. The Hall–Kier alpha value is -0.0400. The van der Waals surface area contributed by atoms with Crippen LogP contribution >= 0.6 is 0 Å². The summed E-state index contributed by atoms with van der Waals surface area (Å²) in [6, 6.07) is 0. The molecule has 1 heteroatoms. The van der Waals surface area contributed by atoms with Crippen molar-refractivity contribution in [1.82, 2.24) is 5.32 Å². The molecule has 30 valence electrons. The number of rotatable bonds is 0. The molecule has 0 unspecified atom stereocenters. The van der Waals surface area contributed by atoms with Crippen LogP contribution in [-0.2, 0) is 0 Å². The van der Waals surface area contributed by atoms with Gasteiger partial charge in [-0.15, -0.1) is 0 Å². The maximum atomic E-state index is 3.16. The summed E-state index contributed by atoms with van der Waals surface area (Å²) in [6.07, 6.45) is 0. The monoisotopic (exact) mass is 71.1 g/mol. The van der Waals surface area contributed by atoms with E-state index in [0.29, 0.717) is 0 Å². The lowest BCUT2D eigenvalue weighted by Gasteiger charge is -2.21. The standard InChI is InChI=1S/C4H9N/c1-4-2-5-3-4/h4-5H,2-3H2,1H3. The molecule has 0 saturated carbocycles. The number of hydrogen-bond donors (Lipinski definition) is 1. The van der Waals surface area contributed by atoms with E-state index in [1.807, 2.05) is 0 Å². The normalized spacial score (nSPS) is 25.8. The van der Waals surface area contributed by atoms with Crippen LogP contribution in [0, 0.1) is 5.92 Å². The molecule has 0 aromatic rings. The molecule has 1 nitrogen and oxygen atoms in total. The van der Waals surface area contributed by atoms with E-state index in [1.165, 1.54) is 13.1 Å². The largest absolute Gasteiger partial charge is 0.316 e. The number of hydrogen-bond acceptors (Lipinski definition) is 1. The molecule has 0 bridgehead atoms. The minimum absolute atomic E-state index is 0.954. The second kappa shape index (κ2) is 0.977. The highest BCUT2D eigenvalue weighted by molar-refractivity contribution is 4.68. The zero-order valence-corrected chi connectivity index (χ0v) is 3.49. The van der Waals surface area contributed by atoms with Crippen molar-refractivity contribution in [2.75, 3.05) is 13.1 Å². The van der Waals surface area contributed by atoms with Gasteiger partial charge >= 0.3 is 0 Å². The van der Waals surface area contributed by atoms with Crippen molar-refractivity contribution < 1.29 is 0 Å². The third-order valence-corrected chi connectivity index (χ3v) is 0.986. The molecule has 0 aromatic carbocycles. The van der Waals surface area contributed by atoms with Crippen LogP contribution in [0.15, 0.2) is 0 Å². The maximum Gasteiger partial charge on any atom is -0.00109 e. The Morgan fingerprint density at radius 3 is 2.00 bits per heavy atom. The Kier molecular flexibility index (Phi) is 0.618. The second-order valence-electron chi connectivity index (χ2n) is 1.76. The second-order valence-corrected chi connectivity index (χ2v) is 1.76. The first kappa shape index (κ1) is 3.16. The van der Waals surface area contributed by atoms with E-state index in [4.69, 9.17) is 0 Å². The quantitative estimate of drug-likeness (QED) is 0.431. The highest BCUT2D eigenvalue weighted by Gasteiger charge is 2.07. The highest BCUT2D eigenvalue weighted by atomic mass is 14.9. The van der Waals surface area contributed by atoms with Gasteiger partial charge in [-0.25, -0.2) is 0 Å². The molecule has 5 heavy (non-hydrogen) atoms. The lowest BCUT2D eigenvalue weighted by molar-refractivity contribution is 0.379. The van der Waals surface area contributed by atoms with Crippen molar-refractivity contribution >= 4 is 0 Å². The fourth-order valence-corrected chi connectivity index (χ4v) is 0.433. The van der Waals surface area contributed by atoms with Gasteiger partial charge in [0.25, 0.3) is 0 Å². The van der Waals surface area contributed by atoms with Gasteiger partial charge in [0.05, 0.1) is 0 Å². The van der Waals surface area contributed by atoms with Crippen molar-refractivity contribution in [3.8, 4) is 0 Å². The average molecular weight is 71.1 g/mol. The van der Waals surface area contributed by atoms with E-state index < -0.39 is 0 Å². The van der Waals surface area contributed by atoms with Crippen LogP contribution in [0.4, 0.5) is 0 Å². The zero-order valence-electron chi connectivity index (χ0n) is 3.49. The van der Waals surface area contributed by atoms with Crippen LogP contribution in [0.2, 0.25) is 0 Å². The zero-order chi connectivity index (χ0) is 3.70. The molecule has 0 atom stereocenters. The van der Waals surface area contributed by atoms with Gasteiger partial charge in [-0.05, 0) is 19.0 Å². The van der Waals surface area contributed by atoms with Gasteiger partial charge < -0.3 is 5.32 Å². The Morgan fingerprint density at radius 2 is 2.00 bits per heavy atom. The molecular weight excluding hydrogens is 62.1 g/mol. The van der Waals surface area contributed by atoms with Crippen molar-refractivity contribution in [3.05, 3.63) is 0 Å². The van der Waals surface area contributed by atoms with Gasteiger partial charge in [-0.2, -0.15) is 0 Å². The lowest BCUT2D eigenvalue weighted by atomic mass is 10.1. The Morgan fingerprint density at radius 1 is 1.60 bits per heavy atom.